The Kier molecular flexibility index (Phi) is 4.81. The molecule has 4 nitrogen and oxygen atoms in total. The van der Waals surface area contributed by atoms with Crippen molar-refractivity contribution in [2.75, 3.05) is 0 Å². The second kappa shape index (κ2) is 5.83. The van der Waals surface area contributed by atoms with Crippen molar-refractivity contribution in [2.45, 2.75) is 39.7 Å². The molecule has 1 rings (SSSR count). The van der Waals surface area contributed by atoms with Crippen molar-refractivity contribution < 1.29 is 14.7 Å². The molecule has 110 valence electrons. The summed E-state index contributed by atoms with van der Waals surface area (Å²) in [6, 6.07) is 6.99. The fourth-order valence-electron chi connectivity index (χ4n) is 1.60. The standard InChI is InChI=1S/C15H20ClNO3/c1-14(2,13(19)20)15(3,4)17-12(18)9-10-5-7-11(16)8-6-10/h5-8H,9H2,1-4H3,(H,17,18)(H,19,20). The molecule has 0 fully saturated rings. The van der Waals surface area contributed by atoms with Crippen LogP contribution in [0.5, 0.6) is 0 Å². The van der Waals surface area contributed by atoms with Gasteiger partial charge in [0, 0.05) is 10.6 Å². The van der Waals surface area contributed by atoms with E-state index in [-0.39, 0.29) is 12.3 Å². The number of halogens is 1. The second-order valence-electron chi connectivity index (χ2n) is 5.91. The Hall–Kier alpha value is -1.55. The zero-order chi connectivity index (χ0) is 15.6. The summed E-state index contributed by atoms with van der Waals surface area (Å²) in [6.07, 6.45) is 0.191. The van der Waals surface area contributed by atoms with Gasteiger partial charge in [-0.1, -0.05) is 23.7 Å². The van der Waals surface area contributed by atoms with Crippen molar-refractivity contribution in [3.05, 3.63) is 34.9 Å². The van der Waals surface area contributed by atoms with Gasteiger partial charge in [0.15, 0.2) is 0 Å². The van der Waals surface area contributed by atoms with Gasteiger partial charge in [0.25, 0.3) is 0 Å². The Morgan fingerprint density at radius 3 is 2.10 bits per heavy atom. The van der Waals surface area contributed by atoms with Crippen LogP contribution < -0.4 is 5.32 Å². The van der Waals surface area contributed by atoms with E-state index in [4.69, 9.17) is 11.6 Å². The van der Waals surface area contributed by atoms with Crippen molar-refractivity contribution >= 4 is 23.5 Å². The summed E-state index contributed by atoms with van der Waals surface area (Å²) in [4.78, 5) is 23.3. The summed E-state index contributed by atoms with van der Waals surface area (Å²) in [5, 5.41) is 12.6. The first-order valence-corrected chi connectivity index (χ1v) is 6.73. The molecule has 0 aliphatic rings. The molecule has 0 saturated heterocycles. The first kappa shape index (κ1) is 16.5. The third-order valence-electron chi connectivity index (χ3n) is 3.83. The Labute approximate surface area is 124 Å². The zero-order valence-corrected chi connectivity index (χ0v) is 12.9. The van der Waals surface area contributed by atoms with E-state index in [1.807, 2.05) is 0 Å². The number of hydrogen-bond donors (Lipinski definition) is 2. The highest BCUT2D eigenvalue weighted by Gasteiger charge is 2.44. The topological polar surface area (TPSA) is 66.4 Å². The number of nitrogens with one attached hydrogen (secondary N) is 1. The van der Waals surface area contributed by atoms with Crippen LogP contribution in [0.3, 0.4) is 0 Å². The van der Waals surface area contributed by atoms with Crippen LogP contribution in [0, 0.1) is 5.41 Å². The highest BCUT2D eigenvalue weighted by Crippen LogP contribution is 2.30. The quantitative estimate of drug-likeness (QED) is 0.878. The molecule has 0 bridgehead atoms. The summed E-state index contributed by atoms with van der Waals surface area (Å²) >= 11 is 5.78. The van der Waals surface area contributed by atoms with Crippen LogP contribution >= 0.6 is 11.6 Å². The van der Waals surface area contributed by atoms with Crippen molar-refractivity contribution in [2.24, 2.45) is 5.41 Å². The molecular weight excluding hydrogens is 278 g/mol. The van der Waals surface area contributed by atoms with Crippen LogP contribution in [0.1, 0.15) is 33.3 Å². The molecular formula is C15H20ClNO3. The average Bonchev–Trinajstić information content (AvgIpc) is 2.31. The van der Waals surface area contributed by atoms with Crippen LogP contribution in [0.4, 0.5) is 0 Å². The molecule has 2 N–H and O–H groups in total. The van der Waals surface area contributed by atoms with E-state index in [1.54, 1.807) is 52.0 Å². The Morgan fingerprint density at radius 1 is 1.15 bits per heavy atom. The molecule has 0 aliphatic heterocycles. The minimum Gasteiger partial charge on any atom is -0.481 e. The Bertz CT molecular complexity index is 506. The first-order valence-electron chi connectivity index (χ1n) is 6.35. The molecule has 0 unspecified atom stereocenters. The number of aliphatic carboxylic acids is 1. The van der Waals surface area contributed by atoms with Gasteiger partial charge < -0.3 is 10.4 Å². The molecule has 0 aliphatic carbocycles. The van der Waals surface area contributed by atoms with E-state index in [2.05, 4.69) is 5.32 Å². The smallest absolute Gasteiger partial charge is 0.311 e. The van der Waals surface area contributed by atoms with E-state index in [9.17, 15) is 14.7 Å². The maximum absolute atomic E-state index is 12.0. The molecule has 1 aromatic carbocycles. The van der Waals surface area contributed by atoms with E-state index in [0.717, 1.165) is 5.56 Å². The van der Waals surface area contributed by atoms with Gasteiger partial charge in [-0.3, -0.25) is 9.59 Å². The van der Waals surface area contributed by atoms with E-state index >= 15 is 0 Å². The molecule has 0 atom stereocenters. The van der Waals surface area contributed by atoms with Crippen molar-refractivity contribution in [1.29, 1.82) is 0 Å². The molecule has 0 radical (unpaired) electrons. The molecule has 0 spiro atoms. The third-order valence-corrected chi connectivity index (χ3v) is 4.08. The highest BCUT2D eigenvalue weighted by atomic mass is 35.5. The summed E-state index contributed by atoms with van der Waals surface area (Å²) in [5.74, 6) is -1.17. The largest absolute Gasteiger partial charge is 0.481 e. The fourth-order valence-corrected chi connectivity index (χ4v) is 1.73. The summed E-state index contributed by atoms with van der Waals surface area (Å²) in [7, 11) is 0. The number of carbonyl (C=O) groups is 2. The van der Waals surface area contributed by atoms with Crippen LogP contribution in [0.15, 0.2) is 24.3 Å². The predicted octanol–water partition coefficient (Wildman–Crippen LogP) is 2.89. The van der Waals surface area contributed by atoms with E-state index in [0.29, 0.717) is 5.02 Å². The van der Waals surface area contributed by atoms with E-state index in [1.165, 1.54) is 0 Å². The second-order valence-corrected chi connectivity index (χ2v) is 6.34. The molecule has 1 amide bonds. The lowest BCUT2D eigenvalue weighted by Crippen LogP contribution is -2.57. The lowest BCUT2D eigenvalue weighted by Gasteiger charge is -2.38. The number of carbonyl (C=O) groups excluding carboxylic acids is 1. The lowest BCUT2D eigenvalue weighted by molar-refractivity contribution is -0.151. The number of rotatable bonds is 5. The predicted molar refractivity (Wildman–Crippen MR) is 78.8 cm³/mol. The van der Waals surface area contributed by atoms with Gasteiger partial charge >= 0.3 is 5.97 Å². The maximum Gasteiger partial charge on any atom is 0.311 e. The summed E-state index contributed by atoms with van der Waals surface area (Å²) in [6.45, 7) is 6.61. The third kappa shape index (κ3) is 3.73. The minimum atomic E-state index is -1.07. The molecule has 0 aromatic heterocycles. The molecule has 0 saturated carbocycles. The van der Waals surface area contributed by atoms with Gasteiger partial charge in [0.2, 0.25) is 5.91 Å². The van der Waals surface area contributed by atoms with Crippen LogP contribution in [-0.2, 0) is 16.0 Å². The molecule has 5 heteroatoms. The van der Waals surface area contributed by atoms with Gasteiger partial charge in [-0.2, -0.15) is 0 Å². The van der Waals surface area contributed by atoms with Crippen molar-refractivity contribution in [1.82, 2.24) is 5.32 Å². The number of hydrogen-bond acceptors (Lipinski definition) is 2. The first-order chi connectivity index (χ1) is 9.06. The number of benzene rings is 1. The minimum absolute atomic E-state index is 0.191. The van der Waals surface area contributed by atoms with Gasteiger partial charge in [-0.15, -0.1) is 0 Å². The fraction of sp³-hybridized carbons (Fsp3) is 0.467. The van der Waals surface area contributed by atoms with Crippen molar-refractivity contribution in [3.63, 3.8) is 0 Å². The number of carboxylic acid groups (broad SMARTS) is 1. The highest BCUT2D eigenvalue weighted by molar-refractivity contribution is 6.30. The average molecular weight is 298 g/mol. The number of amides is 1. The van der Waals surface area contributed by atoms with E-state index < -0.39 is 16.9 Å². The van der Waals surface area contributed by atoms with Gasteiger partial charge in [-0.25, -0.2) is 0 Å². The SMILES string of the molecule is CC(C)(NC(=O)Cc1ccc(Cl)cc1)C(C)(C)C(=O)O. The molecule has 20 heavy (non-hydrogen) atoms. The Balaban J connectivity index is 2.75. The monoisotopic (exact) mass is 297 g/mol. The van der Waals surface area contributed by atoms with Crippen LogP contribution in [-0.4, -0.2) is 22.5 Å². The van der Waals surface area contributed by atoms with Gasteiger partial charge in [0.05, 0.1) is 11.8 Å². The van der Waals surface area contributed by atoms with Gasteiger partial charge in [-0.05, 0) is 45.4 Å². The van der Waals surface area contributed by atoms with Crippen LogP contribution in [0.2, 0.25) is 5.02 Å². The molecule has 1 aromatic rings. The summed E-state index contributed by atoms with van der Waals surface area (Å²) in [5.41, 5.74) is -1.10. The lowest BCUT2D eigenvalue weighted by atomic mass is 9.74. The molecule has 0 heterocycles. The Morgan fingerprint density at radius 2 is 1.65 bits per heavy atom. The summed E-state index contributed by atoms with van der Waals surface area (Å²) < 4.78 is 0. The maximum atomic E-state index is 12.0. The number of carboxylic acids is 1. The van der Waals surface area contributed by atoms with Crippen molar-refractivity contribution in [3.8, 4) is 0 Å². The zero-order valence-electron chi connectivity index (χ0n) is 12.2. The van der Waals surface area contributed by atoms with Crippen LogP contribution in [0.25, 0.3) is 0 Å². The van der Waals surface area contributed by atoms with Gasteiger partial charge in [0.1, 0.15) is 0 Å². The normalized spacial score (nSPS) is 12.1.